The maximum absolute atomic E-state index is 11.4. The Kier molecular flexibility index (Phi) is 6.88. The lowest BCUT2D eigenvalue weighted by Crippen LogP contribution is -2.48. The van der Waals surface area contributed by atoms with Crippen LogP contribution in [0.1, 0.15) is 39.5 Å². The molecule has 118 valence electrons. The SMILES string of the molecule is CCCCCCN1C(CO)C(O)C(O)C1C(C)C(N)=O. The van der Waals surface area contributed by atoms with Crippen LogP contribution in [0.25, 0.3) is 0 Å². The van der Waals surface area contributed by atoms with Gasteiger partial charge in [-0.3, -0.25) is 9.69 Å². The predicted molar refractivity (Wildman–Crippen MR) is 75.9 cm³/mol. The van der Waals surface area contributed by atoms with Crippen LogP contribution in [-0.2, 0) is 4.79 Å². The minimum absolute atomic E-state index is 0.242. The molecule has 6 nitrogen and oxygen atoms in total. The molecule has 20 heavy (non-hydrogen) atoms. The third-order valence-corrected chi connectivity index (χ3v) is 4.32. The largest absolute Gasteiger partial charge is 0.395 e. The zero-order valence-corrected chi connectivity index (χ0v) is 12.4. The average molecular weight is 288 g/mol. The molecule has 1 saturated heterocycles. The van der Waals surface area contributed by atoms with Crippen LogP contribution in [0.2, 0.25) is 0 Å². The number of likely N-dealkylation sites (tertiary alicyclic amines) is 1. The molecule has 1 rings (SSSR count). The number of hydrogen-bond acceptors (Lipinski definition) is 5. The highest BCUT2D eigenvalue weighted by molar-refractivity contribution is 5.77. The number of aliphatic hydroxyl groups excluding tert-OH is 3. The van der Waals surface area contributed by atoms with Crippen molar-refractivity contribution < 1.29 is 20.1 Å². The molecule has 0 radical (unpaired) electrons. The van der Waals surface area contributed by atoms with Crippen molar-refractivity contribution in [3.8, 4) is 0 Å². The zero-order chi connectivity index (χ0) is 15.3. The van der Waals surface area contributed by atoms with Gasteiger partial charge in [-0.15, -0.1) is 0 Å². The summed E-state index contributed by atoms with van der Waals surface area (Å²) >= 11 is 0. The Balaban J connectivity index is 2.78. The quantitative estimate of drug-likeness (QED) is 0.449. The highest BCUT2D eigenvalue weighted by Crippen LogP contribution is 2.30. The van der Waals surface area contributed by atoms with Crippen molar-refractivity contribution in [3.05, 3.63) is 0 Å². The summed E-state index contributed by atoms with van der Waals surface area (Å²) in [6.07, 6.45) is 2.11. The second kappa shape index (κ2) is 7.93. The molecule has 0 aromatic rings. The van der Waals surface area contributed by atoms with E-state index in [1.165, 1.54) is 0 Å². The number of aliphatic hydroxyl groups is 3. The van der Waals surface area contributed by atoms with Gasteiger partial charge in [0.15, 0.2) is 0 Å². The standard InChI is InChI=1S/C14H28N2O4/c1-3-4-5-6-7-16-10(8-17)12(18)13(19)11(16)9(2)14(15)20/h9-13,17-19H,3-8H2,1-2H3,(H2,15,20). The molecular weight excluding hydrogens is 260 g/mol. The summed E-state index contributed by atoms with van der Waals surface area (Å²) < 4.78 is 0. The van der Waals surface area contributed by atoms with Crippen molar-refractivity contribution in [1.82, 2.24) is 4.90 Å². The molecule has 1 aliphatic rings. The minimum Gasteiger partial charge on any atom is -0.395 e. The first kappa shape index (κ1) is 17.4. The van der Waals surface area contributed by atoms with E-state index in [-0.39, 0.29) is 6.61 Å². The van der Waals surface area contributed by atoms with E-state index in [0.717, 1.165) is 25.7 Å². The molecule has 5 N–H and O–H groups in total. The number of primary amides is 1. The van der Waals surface area contributed by atoms with Crippen LogP contribution in [0.3, 0.4) is 0 Å². The maximum Gasteiger partial charge on any atom is 0.221 e. The van der Waals surface area contributed by atoms with Crippen molar-refractivity contribution in [2.45, 2.75) is 63.8 Å². The van der Waals surface area contributed by atoms with E-state index in [4.69, 9.17) is 5.73 Å². The van der Waals surface area contributed by atoms with Crippen LogP contribution in [-0.4, -0.2) is 63.6 Å². The number of amides is 1. The van der Waals surface area contributed by atoms with Crippen LogP contribution in [0, 0.1) is 5.92 Å². The van der Waals surface area contributed by atoms with Gasteiger partial charge in [-0.1, -0.05) is 33.1 Å². The lowest BCUT2D eigenvalue weighted by molar-refractivity contribution is -0.124. The van der Waals surface area contributed by atoms with Gasteiger partial charge in [0.25, 0.3) is 0 Å². The van der Waals surface area contributed by atoms with Gasteiger partial charge in [0.05, 0.1) is 30.8 Å². The van der Waals surface area contributed by atoms with Gasteiger partial charge < -0.3 is 21.1 Å². The van der Waals surface area contributed by atoms with Crippen molar-refractivity contribution in [2.75, 3.05) is 13.2 Å². The number of carbonyl (C=O) groups excluding carboxylic acids is 1. The molecule has 1 fully saturated rings. The summed E-state index contributed by atoms with van der Waals surface area (Å²) in [5, 5.41) is 29.6. The molecule has 0 saturated carbocycles. The van der Waals surface area contributed by atoms with Gasteiger partial charge in [0.2, 0.25) is 5.91 Å². The van der Waals surface area contributed by atoms with Gasteiger partial charge in [0, 0.05) is 6.04 Å². The Morgan fingerprint density at radius 1 is 1.25 bits per heavy atom. The Hall–Kier alpha value is -0.690. The van der Waals surface area contributed by atoms with E-state index in [9.17, 15) is 20.1 Å². The van der Waals surface area contributed by atoms with E-state index in [2.05, 4.69) is 6.92 Å². The summed E-state index contributed by atoms with van der Waals surface area (Å²) in [4.78, 5) is 13.2. The summed E-state index contributed by atoms with van der Waals surface area (Å²) in [5.41, 5.74) is 5.33. The van der Waals surface area contributed by atoms with Crippen LogP contribution in [0.4, 0.5) is 0 Å². The monoisotopic (exact) mass is 288 g/mol. The van der Waals surface area contributed by atoms with Gasteiger partial charge in [-0.05, 0) is 13.0 Å². The molecule has 5 unspecified atom stereocenters. The number of unbranched alkanes of at least 4 members (excludes halogenated alkanes) is 3. The number of nitrogens with two attached hydrogens (primary N) is 1. The topological polar surface area (TPSA) is 107 Å². The average Bonchev–Trinajstić information content (AvgIpc) is 2.65. The van der Waals surface area contributed by atoms with E-state index in [1.54, 1.807) is 6.92 Å². The summed E-state index contributed by atoms with van der Waals surface area (Å²) in [7, 11) is 0. The van der Waals surface area contributed by atoms with Crippen molar-refractivity contribution in [1.29, 1.82) is 0 Å². The Morgan fingerprint density at radius 3 is 2.40 bits per heavy atom. The smallest absolute Gasteiger partial charge is 0.221 e. The first-order chi connectivity index (χ1) is 9.45. The van der Waals surface area contributed by atoms with Gasteiger partial charge in [0.1, 0.15) is 0 Å². The molecule has 1 amide bonds. The predicted octanol–water partition coefficient (Wildman–Crippen LogP) is -0.545. The van der Waals surface area contributed by atoms with Crippen LogP contribution in [0.5, 0.6) is 0 Å². The second-order valence-electron chi connectivity index (χ2n) is 5.71. The zero-order valence-electron chi connectivity index (χ0n) is 12.4. The third-order valence-electron chi connectivity index (χ3n) is 4.32. The van der Waals surface area contributed by atoms with Crippen LogP contribution < -0.4 is 5.73 Å². The fourth-order valence-corrected chi connectivity index (χ4v) is 3.04. The normalized spacial score (nSPS) is 32.5. The Bertz CT molecular complexity index is 314. The number of nitrogens with zero attached hydrogens (tertiary/aromatic N) is 1. The van der Waals surface area contributed by atoms with Gasteiger partial charge in [-0.25, -0.2) is 0 Å². The highest BCUT2D eigenvalue weighted by Gasteiger charge is 2.49. The third kappa shape index (κ3) is 3.69. The van der Waals surface area contributed by atoms with Crippen LogP contribution in [0.15, 0.2) is 0 Å². The van der Waals surface area contributed by atoms with E-state index in [1.807, 2.05) is 4.90 Å². The molecule has 1 aliphatic heterocycles. The summed E-state index contributed by atoms with van der Waals surface area (Å²) in [5.74, 6) is -1.07. The first-order valence-corrected chi connectivity index (χ1v) is 7.47. The van der Waals surface area contributed by atoms with Crippen LogP contribution >= 0.6 is 0 Å². The highest BCUT2D eigenvalue weighted by atomic mass is 16.3. The van der Waals surface area contributed by atoms with E-state index in [0.29, 0.717) is 6.54 Å². The lowest BCUT2D eigenvalue weighted by atomic mass is 9.95. The molecule has 0 spiro atoms. The van der Waals surface area contributed by atoms with Crippen molar-refractivity contribution in [3.63, 3.8) is 0 Å². The number of rotatable bonds is 8. The fraction of sp³-hybridized carbons (Fsp3) is 0.929. The number of carbonyl (C=O) groups is 1. The molecule has 0 aromatic heterocycles. The first-order valence-electron chi connectivity index (χ1n) is 7.47. The molecule has 0 bridgehead atoms. The molecule has 0 aromatic carbocycles. The summed E-state index contributed by atoms with van der Waals surface area (Å²) in [6, 6.07) is -1.06. The molecule has 0 aliphatic carbocycles. The fourth-order valence-electron chi connectivity index (χ4n) is 3.04. The molecule has 5 atom stereocenters. The summed E-state index contributed by atoms with van der Waals surface area (Å²) in [6.45, 7) is 4.18. The van der Waals surface area contributed by atoms with Crippen molar-refractivity contribution in [2.24, 2.45) is 11.7 Å². The molecular formula is C14H28N2O4. The van der Waals surface area contributed by atoms with Gasteiger partial charge in [-0.2, -0.15) is 0 Å². The number of hydrogen-bond donors (Lipinski definition) is 4. The lowest BCUT2D eigenvalue weighted by Gasteiger charge is -2.32. The molecule has 6 heteroatoms. The van der Waals surface area contributed by atoms with Crippen molar-refractivity contribution >= 4 is 5.91 Å². The Morgan fingerprint density at radius 2 is 1.90 bits per heavy atom. The van der Waals surface area contributed by atoms with Gasteiger partial charge >= 0.3 is 0 Å². The second-order valence-corrected chi connectivity index (χ2v) is 5.71. The maximum atomic E-state index is 11.4. The molecule has 1 heterocycles. The minimum atomic E-state index is -1.05. The Labute approximate surface area is 120 Å². The van der Waals surface area contributed by atoms with E-state index < -0.39 is 36.1 Å². The van der Waals surface area contributed by atoms with E-state index >= 15 is 0 Å².